The topological polar surface area (TPSA) is 49.3 Å². The number of carbonyl (C=O) groups is 1. The lowest BCUT2D eigenvalue weighted by atomic mass is 9.86. The molecule has 2 atom stereocenters. The van der Waals surface area contributed by atoms with Crippen molar-refractivity contribution in [3.63, 3.8) is 0 Å². The molecule has 3 heteroatoms. The van der Waals surface area contributed by atoms with Crippen LogP contribution in [0.5, 0.6) is 0 Å². The number of rotatable bonds is 4. The Hall–Kier alpha value is -0.830. The van der Waals surface area contributed by atoms with Crippen LogP contribution >= 0.6 is 0 Å². The zero-order chi connectivity index (χ0) is 11.7. The Bertz CT molecular complexity index is 273. The SMILES string of the molecule is C=CCNC1(C(=O)O)CC(C)(C)CC1C. The van der Waals surface area contributed by atoms with Crippen molar-refractivity contribution in [3.8, 4) is 0 Å². The summed E-state index contributed by atoms with van der Waals surface area (Å²) in [5.74, 6) is -0.577. The molecule has 1 aliphatic carbocycles. The maximum absolute atomic E-state index is 11.4. The predicted molar refractivity (Wildman–Crippen MR) is 60.7 cm³/mol. The standard InChI is InChI=1S/C12H21NO2/c1-5-6-13-12(10(14)15)8-11(3,4)7-9(12)2/h5,9,13H,1,6-8H2,2-4H3,(H,14,15). The highest BCUT2D eigenvalue weighted by molar-refractivity contribution is 5.80. The molecule has 2 N–H and O–H groups in total. The Morgan fingerprint density at radius 2 is 2.27 bits per heavy atom. The Kier molecular flexibility index (Phi) is 3.24. The second-order valence-corrected chi connectivity index (χ2v) is 5.39. The number of hydrogen-bond acceptors (Lipinski definition) is 2. The molecule has 1 aliphatic rings. The van der Waals surface area contributed by atoms with E-state index in [1.165, 1.54) is 0 Å². The minimum Gasteiger partial charge on any atom is -0.480 e. The summed E-state index contributed by atoms with van der Waals surface area (Å²) in [6, 6.07) is 0. The second kappa shape index (κ2) is 3.97. The molecule has 3 nitrogen and oxygen atoms in total. The molecule has 0 aliphatic heterocycles. The van der Waals surface area contributed by atoms with Crippen LogP contribution in [0.3, 0.4) is 0 Å². The van der Waals surface area contributed by atoms with Gasteiger partial charge in [-0.05, 0) is 24.2 Å². The van der Waals surface area contributed by atoms with Gasteiger partial charge in [0, 0.05) is 6.54 Å². The van der Waals surface area contributed by atoms with Crippen molar-refractivity contribution in [1.29, 1.82) is 0 Å². The Labute approximate surface area is 91.6 Å². The summed E-state index contributed by atoms with van der Waals surface area (Å²) in [6.07, 6.45) is 3.34. The minimum absolute atomic E-state index is 0.103. The van der Waals surface area contributed by atoms with E-state index in [9.17, 15) is 9.90 Å². The van der Waals surface area contributed by atoms with Crippen LogP contribution < -0.4 is 5.32 Å². The van der Waals surface area contributed by atoms with E-state index in [1.54, 1.807) is 6.08 Å². The number of carboxylic acid groups (broad SMARTS) is 1. The van der Waals surface area contributed by atoms with Crippen LogP contribution in [0.1, 0.15) is 33.6 Å². The summed E-state index contributed by atoms with van der Waals surface area (Å²) >= 11 is 0. The van der Waals surface area contributed by atoms with Crippen LogP contribution in [0.2, 0.25) is 0 Å². The van der Waals surface area contributed by atoms with E-state index in [2.05, 4.69) is 25.7 Å². The van der Waals surface area contributed by atoms with Crippen molar-refractivity contribution in [2.24, 2.45) is 11.3 Å². The lowest BCUT2D eigenvalue weighted by Gasteiger charge is -2.30. The van der Waals surface area contributed by atoms with E-state index < -0.39 is 11.5 Å². The van der Waals surface area contributed by atoms with Gasteiger partial charge in [0.25, 0.3) is 0 Å². The second-order valence-electron chi connectivity index (χ2n) is 5.39. The summed E-state index contributed by atoms with van der Waals surface area (Å²) < 4.78 is 0. The minimum atomic E-state index is -0.766. The third-order valence-electron chi connectivity index (χ3n) is 3.40. The summed E-state index contributed by atoms with van der Waals surface area (Å²) in [4.78, 5) is 11.4. The third kappa shape index (κ3) is 2.23. The van der Waals surface area contributed by atoms with E-state index >= 15 is 0 Å². The summed E-state index contributed by atoms with van der Waals surface area (Å²) in [6.45, 7) is 10.4. The van der Waals surface area contributed by atoms with Gasteiger partial charge in [0.1, 0.15) is 5.54 Å². The fourth-order valence-electron chi connectivity index (χ4n) is 2.86. The molecule has 1 rings (SSSR count). The molecule has 0 aromatic heterocycles. The average Bonchev–Trinajstić information content (AvgIpc) is 2.33. The average molecular weight is 211 g/mol. The first-order valence-corrected chi connectivity index (χ1v) is 5.43. The Balaban J connectivity index is 2.91. The molecular weight excluding hydrogens is 190 g/mol. The molecule has 0 aromatic rings. The molecule has 0 amide bonds. The van der Waals surface area contributed by atoms with E-state index in [0.29, 0.717) is 13.0 Å². The van der Waals surface area contributed by atoms with Crippen LogP contribution in [-0.2, 0) is 4.79 Å². The molecule has 0 saturated heterocycles. The molecule has 1 saturated carbocycles. The highest BCUT2D eigenvalue weighted by atomic mass is 16.4. The number of aliphatic carboxylic acids is 1. The smallest absolute Gasteiger partial charge is 0.324 e. The van der Waals surface area contributed by atoms with E-state index in [-0.39, 0.29) is 11.3 Å². The third-order valence-corrected chi connectivity index (χ3v) is 3.40. The van der Waals surface area contributed by atoms with Gasteiger partial charge in [-0.3, -0.25) is 10.1 Å². The largest absolute Gasteiger partial charge is 0.480 e. The first-order chi connectivity index (χ1) is 6.84. The fourth-order valence-corrected chi connectivity index (χ4v) is 2.86. The van der Waals surface area contributed by atoms with Crippen molar-refractivity contribution in [2.45, 2.75) is 39.2 Å². The van der Waals surface area contributed by atoms with Crippen LogP contribution in [0.25, 0.3) is 0 Å². The van der Waals surface area contributed by atoms with Crippen LogP contribution in [-0.4, -0.2) is 23.2 Å². The van der Waals surface area contributed by atoms with Crippen molar-refractivity contribution in [1.82, 2.24) is 5.32 Å². The molecule has 1 fully saturated rings. The van der Waals surface area contributed by atoms with Crippen molar-refractivity contribution in [3.05, 3.63) is 12.7 Å². The highest BCUT2D eigenvalue weighted by Gasteiger charge is 2.53. The maximum atomic E-state index is 11.4. The van der Waals surface area contributed by atoms with E-state index in [0.717, 1.165) is 6.42 Å². The molecule has 0 heterocycles. The van der Waals surface area contributed by atoms with Gasteiger partial charge < -0.3 is 5.11 Å². The molecule has 86 valence electrons. The van der Waals surface area contributed by atoms with Gasteiger partial charge in [-0.1, -0.05) is 26.8 Å². The van der Waals surface area contributed by atoms with Gasteiger partial charge >= 0.3 is 5.97 Å². The van der Waals surface area contributed by atoms with Gasteiger partial charge in [-0.15, -0.1) is 6.58 Å². The van der Waals surface area contributed by atoms with Gasteiger partial charge in [0.15, 0.2) is 0 Å². The van der Waals surface area contributed by atoms with Crippen molar-refractivity contribution < 1.29 is 9.90 Å². The Morgan fingerprint density at radius 1 is 1.67 bits per heavy atom. The molecule has 0 spiro atoms. The first-order valence-electron chi connectivity index (χ1n) is 5.43. The molecule has 0 aromatic carbocycles. The molecule has 0 bridgehead atoms. The number of hydrogen-bond donors (Lipinski definition) is 2. The van der Waals surface area contributed by atoms with Crippen LogP contribution in [0, 0.1) is 11.3 Å². The quantitative estimate of drug-likeness (QED) is 0.700. The van der Waals surface area contributed by atoms with E-state index in [1.807, 2.05) is 6.92 Å². The van der Waals surface area contributed by atoms with Gasteiger partial charge in [-0.2, -0.15) is 0 Å². The van der Waals surface area contributed by atoms with Gasteiger partial charge in [-0.25, -0.2) is 0 Å². The monoisotopic (exact) mass is 211 g/mol. The van der Waals surface area contributed by atoms with Gasteiger partial charge in [0.2, 0.25) is 0 Å². The number of nitrogens with one attached hydrogen (secondary N) is 1. The maximum Gasteiger partial charge on any atom is 0.324 e. The highest BCUT2D eigenvalue weighted by Crippen LogP contribution is 2.47. The van der Waals surface area contributed by atoms with Crippen LogP contribution in [0.4, 0.5) is 0 Å². The van der Waals surface area contributed by atoms with Crippen molar-refractivity contribution in [2.75, 3.05) is 6.54 Å². The van der Waals surface area contributed by atoms with Crippen molar-refractivity contribution >= 4 is 5.97 Å². The van der Waals surface area contributed by atoms with Crippen LogP contribution in [0.15, 0.2) is 12.7 Å². The zero-order valence-electron chi connectivity index (χ0n) is 9.84. The molecule has 15 heavy (non-hydrogen) atoms. The van der Waals surface area contributed by atoms with E-state index in [4.69, 9.17) is 0 Å². The fraction of sp³-hybridized carbons (Fsp3) is 0.750. The summed E-state index contributed by atoms with van der Waals surface area (Å²) in [5, 5.41) is 12.5. The predicted octanol–water partition coefficient (Wildman–Crippen LogP) is 2.04. The molecule has 2 unspecified atom stereocenters. The molecule has 0 radical (unpaired) electrons. The zero-order valence-corrected chi connectivity index (χ0v) is 9.84. The molecular formula is C12H21NO2. The first kappa shape index (κ1) is 12.2. The number of carboxylic acids is 1. The summed E-state index contributed by atoms with van der Waals surface area (Å²) in [7, 11) is 0. The van der Waals surface area contributed by atoms with Gasteiger partial charge in [0.05, 0.1) is 0 Å². The lowest BCUT2D eigenvalue weighted by molar-refractivity contribution is -0.146. The Morgan fingerprint density at radius 3 is 2.60 bits per heavy atom. The summed E-state index contributed by atoms with van der Waals surface area (Å²) in [5.41, 5.74) is -0.663. The normalized spacial score (nSPS) is 33.9. The lowest BCUT2D eigenvalue weighted by Crippen LogP contribution is -2.54.